The molecular weight excluding hydrogens is 473 g/mol. The first-order valence-electron chi connectivity index (χ1n) is 12.4. The van der Waals surface area contributed by atoms with Gasteiger partial charge in [0.1, 0.15) is 22.2 Å². The van der Waals surface area contributed by atoms with E-state index in [4.69, 9.17) is 4.74 Å². The number of likely N-dealkylation sites (tertiary alicyclic amines) is 1. The fraction of sp³-hybridized carbons (Fsp3) is 0.300. The van der Waals surface area contributed by atoms with Crippen LogP contribution < -0.4 is 4.74 Å². The number of benzene rings is 3. The molecule has 36 heavy (non-hydrogen) atoms. The third-order valence-corrected chi connectivity index (χ3v) is 8.00. The zero-order valence-electron chi connectivity index (χ0n) is 20.6. The molecule has 0 radical (unpaired) electrons. The van der Waals surface area contributed by atoms with Crippen molar-refractivity contribution in [2.75, 3.05) is 19.6 Å². The Hall–Kier alpha value is -3.22. The lowest BCUT2D eigenvalue weighted by Gasteiger charge is -2.15. The van der Waals surface area contributed by atoms with Crippen LogP contribution in [0.1, 0.15) is 46.1 Å². The number of nitrogens with zero attached hydrogens (tertiary/aromatic N) is 1. The van der Waals surface area contributed by atoms with Crippen molar-refractivity contribution in [3.63, 3.8) is 0 Å². The lowest BCUT2D eigenvalue weighted by Crippen LogP contribution is -2.21. The Kier molecular flexibility index (Phi) is 7.08. The van der Waals surface area contributed by atoms with Crippen molar-refractivity contribution in [3.8, 4) is 17.2 Å². The first kappa shape index (κ1) is 24.5. The minimum Gasteiger partial charge on any atom is -0.508 e. The molecule has 1 aliphatic rings. The molecule has 0 bridgehead atoms. The SMILES string of the molecule is Cc1ccc(F)cc1C(=O)c1sc2cc(O)ccc2c1Oc1ccc(CCCN2CC[C@H](C)C2)cc1. The van der Waals surface area contributed by atoms with Crippen LogP contribution in [0.2, 0.25) is 0 Å². The molecule has 5 rings (SSSR count). The summed E-state index contributed by atoms with van der Waals surface area (Å²) in [5.41, 5.74) is 2.25. The summed E-state index contributed by atoms with van der Waals surface area (Å²) < 4.78 is 20.9. The summed E-state index contributed by atoms with van der Waals surface area (Å²) >= 11 is 1.24. The van der Waals surface area contributed by atoms with E-state index >= 15 is 0 Å². The molecule has 0 saturated carbocycles. The maximum absolute atomic E-state index is 13.9. The molecule has 4 aromatic rings. The second-order valence-electron chi connectivity index (χ2n) is 9.77. The monoisotopic (exact) mass is 503 g/mol. The van der Waals surface area contributed by atoms with Gasteiger partial charge in [-0.05, 0) is 98.8 Å². The van der Waals surface area contributed by atoms with Gasteiger partial charge < -0.3 is 14.7 Å². The van der Waals surface area contributed by atoms with Crippen molar-refractivity contribution in [2.24, 2.45) is 5.92 Å². The fourth-order valence-electron chi connectivity index (χ4n) is 4.85. The number of hydrogen-bond donors (Lipinski definition) is 1. The van der Waals surface area contributed by atoms with Crippen molar-refractivity contribution in [3.05, 3.63) is 88.0 Å². The van der Waals surface area contributed by atoms with Gasteiger partial charge in [-0.25, -0.2) is 4.39 Å². The number of carbonyl (C=O) groups excluding carboxylic acids is 1. The van der Waals surface area contributed by atoms with Gasteiger partial charge in [0.15, 0.2) is 5.75 Å². The Morgan fingerprint density at radius 3 is 2.69 bits per heavy atom. The summed E-state index contributed by atoms with van der Waals surface area (Å²) in [4.78, 5) is 16.4. The highest BCUT2D eigenvalue weighted by Gasteiger charge is 2.24. The van der Waals surface area contributed by atoms with Gasteiger partial charge in [-0.2, -0.15) is 0 Å². The van der Waals surface area contributed by atoms with Gasteiger partial charge in [0.25, 0.3) is 0 Å². The van der Waals surface area contributed by atoms with Gasteiger partial charge in [0.05, 0.1) is 0 Å². The van der Waals surface area contributed by atoms with Crippen LogP contribution in [0.3, 0.4) is 0 Å². The van der Waals surface area contributed by atoms with E-state index in [0.717, 1.165) is 35.4 Å². The average molecular weight is 504 g/mol. The van der Waals surface area contributed by atoms with E-state index in [1.807, 2.05) is 12.1 Å². The lowest BCUT2D eigenvalue weighted by molar-refractivity contribution is 0.103. The maximum atomic E-state index is 13.9. The molecule has 0 spiro atoms. The predicted octanol–water partition coefficient (Wildman–Crippen LogP) is 7.35. The van der Waals surface area contributed by atoms with Crippen molar-refractivity contribution in [1.29, 1.82) is 0 Å². The number of ether oxygens (including phenoxy) is 1. The molecule has 4 nitrogen and oxygen atoms in total. The van der Waals surface area contributed by atoms with Gasteiger partial charge in [0, 0.05) is 22.2 Å². The maximum Gasteiger partial charge on any atom is 0.207 e. The third-order valence-electron chi connectivity index (χ3n) is 6.87. The highest BCUT2D eigenvalue weighted by atomic mass is 32.1. The van der Waals surface area contributed by atoms with Gasteiger partial charge in [-0.15, -0.1) is 11.3 Å². The van der Waals surface area contributed by atoms with E-state index < -0.39 is 5.82 Å². The fourth-order valence-corrected chi connectivity index (χ4v) is 5.97. The van der Waals surface area contributed by atoms with Crippen LogP contribution in [-0.4, -0.2) is 35.4 Å². The molecule has 3 aromatic carbocycles. The molecule has 2 heterocycles. The van der Waals surface area contributed by atoms with Crippen molar-refractivity contribution < 1.29 is 19.0 Å². The quantitative estimate of drug-likeness (QED) is 0.255. The normalized spacial score (nSPS) is 16.0. The zero-order chi connectivity index (χ0) is 25.2. The lowest BCUT2D eigenvalue weighted by atomic mass is 10.0. The second kappa shape index (κ2) is 10.4. The summed E-state index contributed by atoms with van der Waals surface area (Å²) in [6.07, 6.45) is 3.43. The summed E-state index contributed by atoms with van der Waals surface area (Å²) in [6, 6.07) is 17.2. The highest BCUT2D eigenvalue weighted by molar-refractivity contribution is 7.21. The minimum atomic E-state index is -0.458. The Labute approximate surface area is 215 Å². The van der Waals surface area contributed by atoms with E-state index in [2.05, 4.69) is 24.0 Å². The number of rotatable bonds is 8. The Morgan fingerprint density at radius 1 is 1.14 bits per heavy atom. The number of aryl methyl sites for hydroxylation is 2. The number of fused-ring (bicyclic) bond motifs is 1. The van der Waals surface area contributed by atoms with Crippen LogP contribution in [-0.2, 0) is 6.42 Å². The molecular formula is C30H30FNO3S. The summed E-state index contributed by atoms with van der Waals surface area (Å²) in [6.45, 7) is 7.64. The Morgan fingerprint density at radius 2 is 1.94 bits per heavy atom. The van der Waals surface area contributed by atoms with Gasteiger partial charge in [-0.1, -0.05) is 25.1 Å². The molecule has 186 valence electrons. The molecule has 1 fully saturated rings. The number of hydrogen-bond acceptors (Lipinski definition) is 5. The number of ketones is 1. The molecule has 1 aliphatic heterocycles. The molecule has 1 atom stereocenters. The first-order valence-corrected chi connectivity index (χ1v) is 13.2. The zero-order valence-corrected chi connectivity index (χ0v) is 21.4. The Balaban J connectivity index is 1.37. The molecule has 1 saturated heterocycles. The highest BCUT2D eigenvalue weighted by Crippen LogP contribution is 2.43. The standard InChI is InChI=1S/C30H30FNO3S/c1-19-13-15-32(18-19)14-3-4-21-6-10-24(11-7-21)35-29-25-12-9-23(33)17-27(25)36-30(29)28(34)26-16-22(31)8-5-20(26)2/h5-12,16-17,19,33H,3-4,13-15,18H2,1-2H3/t19-/m0/s1. The van der Waals surface area contributed by atoms with E-state index in [-0.39, 0.29) is 11.5 Å². The van der Waals surface area contributed by atoms with Crippen LogP contribution in [0.25, 0.3) is 10.1 Å². The average Bonchev–Trinajstić information content (AvgIpc) is 3.44. The van der Waals surface area contributed by atoms with E-state index in [9.17, 15) is 14.3 Å². The molecule has 1 N–H and O–H groups in total. The second-order valence-corrected chi connectivity index (χ2v) is 10.8. The molecule has 1 aromatic heterocycles. The van der Waals surface area contributed by atoms with Gasteiger partial charge in [-0.3, -0.25) is 4.79 Å². The molecule has 0 aliphatic carbocycles. The number of phenolic OH excluding ortho intramolecular Hbond substituents is 1. The predicted molar refractivity (Wildman–Crippen MR) is 143 cm³/mol. The molecule has 6 heteroatoms. The number of phenols is 1. The van der Waals surface area contributed by atoms with E-state index in [1.165, 1.54) is 48.5 Å². The summed E-state index contributed by atoms with van der Waals surface area (Å²) in [7, 11) is 0. The molecule has 0 amide bonds. The van der Waals surface area contributed by atoms with Gasteiger partial charge >= 0.3 is 0 Å². The number of thiophene rings is 1. The molecule has 0 unspecified atom stereocenters. The largest absolute Gasteiger partial charge is 0.508 e. The van der Waals surface area contributed by atoms with Crippen molar-refractivity contribution in [2.45, 2.75) is 33.1 Å². The number of aromatic hydroxyl groups is 1. The summed E-state index contributed by atoms with van der Waals surface area (Å²) in [5.74, 6) is 1.23. The number of halogens is 1. The van der Waals surface area contributed by atoms with Crippen LogP contribution in [0.5, 0.6) is 17.2 Å². The minimum absolute atomic E-state index is 0.115. The van der Waals surface area contributed by atoms with Crippen molar-refractivity contribution in [1.82, 2.24) is 4.90 Å². The summed E-state index contributed by atoms with van der Waals surface area (Å²) in [5, 5.41) is 10.7. The van der Waals surface area contributed by atoms with E-state index in [1.54, 1.807) is 31.2 Å². The van der Waals surface area contributed by atoms with Crippen LogP contribution >= 0.6 is 11.3 Å². The third kappa shape index (κ3) is 5.30. The van der Waals surface area contributed by atoms with E-state index in [0.29, 0.717) is 27.5 Å². The van der Waals surface area contributed by atoms with Crippen LogP contribution in [0.15, 0.2) is 60.7 Å². The van der Waals surface area contributed by atoms with Crippen molar-refractivity contribution >= 4 is 27.2 Å². The number of carbonyl (C=O) groups is 1. The van der Waals surface area contributed by atoms with Crippen LogP contribution in [0, 0.1) is 18.7 Å². The topological polar surface area (TPSA) is 49.8 Å². The first-order chi connectivity index (χ1) is 17.4. The Bertz CT molecular complexity index is 1400. The van der Waals surface area contributed by atoms with Gasteiger partial charge in [0.2, 0.25) is 5.78 Å². The smallest absolute Gasteiger partial charge is 0.207 e. The van der Waals surface area contributed by atoms with Crippen LogP contribution in [0.4, 0.5) is 4.39 Å².